The van der Waals surface area contributed by atoms with Gasteiger partial charge in [-0.25, -0.2) is 13.2 Å². The second-order valence-corrected chi connectivity index (χ2v) is 17.1. The fourth-order valence-corrected chi connectivity index (χ4v) is 8.66. The second-order valence-electron chi connectivity index (χ2n) is 14.9. The molecule has 3 fully saturated rings. The van der Waals surface area contributed by atoms with Gasteiger partial charge < -0.3 is 26.2 Å². The molecule has 45 heavy (non-hydrogen) atoms. The smallest absolute Gasteiger partial charge is 0.315 e. The fraction of sp³-hybridized carbons (Fsp3) is 0.781. The Kier molecular flexibility index (Phi) is 11.2. The minimum Gasteiger partial charge on any atom is -0.346 e. The fourth-order valence-electron chi connectivity index (χ4n) is 7.30. The molecule has 2 aliphatic carbocycles. The van der Waals surface area contributed by atoms with Crippen molar-refractivity contribution >= 4 is 39.4 Å². The van der Waals surface area contributed by atoms with Crippen molar-refractivity contribution in [3.63, 3.8) is 0 Å². The molecule has 0 radical (unpaired) electrons. The minimum atomic E-state index is -3.39. The number of sulfone groups is 1. The highest BCUT2D eigenvalue weighted by Gasteiger charge is 2.70. The molecule has 0 spiro atoms. The zero-order valence-electron chi connectivity index (χ0n) is 28.0. The lowest BCUT2D eigenvalue weighted by Crippen LogP contribution is -2.63. The standard InChI is InChI=1S/C32H53N5O7S/c1-9-14-21(24(38)27(40)33-17-10-2)34-26(39)23-22-20(31(22,6)7)18-37(23)28(41)25(30(3,4)5)35-29(42)36-32(19-45(8,43)44)15-12-11-13-16-32/h10,20-23,25H,2,9,11-19H2,1,3-8H3,(H,33,40)(H,34,39)(H2,35,36,42)/t20?,21?,22-,23-,25+/m0/s1. The number of urea groups is 1. The Labute approximate surface area is 268 Å². The predicted molar refractivity (Wildman–Crippen MR) is 172 cm³/mol. The van der Waals surface area contributed by atoms with E-state index in [0.29, 0.717) is 25.8 Å². The molecule has 0 bridgehead atoms. The number of hydrogen-bond acceptors (Lipinski definition) is 7. The highest BCUT2D eigenvalue weighted by atomic mass is 32.2. The summed E-state index contributed by atoms with van der Waals surface area (Å²) in [6.07, 6.45) is 7.00. The Balaban J connectivity index is 1.83. The van der Waals surface area contributed by atoms with E-state index in [1.807, 2.05) is 41.5 Å². The van der Waals surface area contributed by atoms with Gasteiger partial charge in [-0.15, -0.1) is 6.58 Å². The third-order valence-corrected chi connectivity index (χ3v) is 10.8. The Hall–Kier alpha value is -2.96. The number of likely N-dealkylation sites (tertiary alicyclic amines) is 1. The summed E-state index contributed by atoms with van der Waals surface area (Å²) in [4.78, 5) is 68.4. The van der Waals surface area contributed by atoms with E-state index in [9.17, 15) is 32.4 Å². The van der Waals surface area contributed by atoms with Crippen LogP contribution >= 0.6 is 0 Å². The number of carbonyl (C=O) groups excluding carboxylic acids is 5. The van der Waals surface area contributed by atoms with Crippen LogP contribution in [0.3, 0.4) is 0 Å². The molecular weight excluding hydrogens is 598 g/mol. The number of Topliss-reactive ketones (excluding diaryl/α,β-unsaturated/α-hetero) is 1. The molecule has 3 aliphatic rings. The number of amides is 5. The molecule has 13 heteroatoms. The van der Waals surface area contributed by atoms with Gasteiger partial charge in [-0.1, -0.05) is 73.3 Å². The zero-order valence-corrected chi connectivity index (χ0v) is 28.8. The molecule has 1 saturated heterocycles. The minimum absolute atomic E-state index is 0.0585. The van der Waals surface area contributed by atoms with E-state index in [4.69, 9.17) is 0 Å². The summed E-state index contributed by atoms with van der Waals surface area (Å²) in [5.74, 6) is -2.78. The second kappa shape index (κ2) is 13.8. The van der Waals surface area contributed by atoms with Gasteiger partial charge in [0.05, 0.1) is 17.3 Å². The number of piperidine rings is 1. The van der Waals surface area contributed by atoms with E-state index in [2.05, 4.69) is 27.8 Å². The molecule has 4 N–H and O–H groups in total. The van der Waals surface area contributed by atoms with E-state index in [-0.39, 0.29) is 36.0 Å². The van der Waals surface area contributed by atoms with Gasteiger partial charge in [0.25, 0.3) is 5.91 Å². The van der Waals surface area contributed by atoms with Crippen LogP contribution in [0.15, 0.2) is 12.7 Å². The first kappa shape index (κ1) is 36.5. The van der Waals surface area contributed by atoms with E-state index < -0.39 is 68.5 Å². The molecule has 254 valence electrons. The van der Waals surface area contributed by atoms with Gasteiger partial charge in [-0.05, 0) is 41.9 Å². The van der Waals surface area contributed by atoms with Crippen molar-refractivity contribution in [1.29, 1.82) is 0 Å². The van der Waals surface area contributed by atoms with Crippen LogP contribution in [-0.2, 0) is 29.0 Å². The van der Waals surface area contributed by atoms with Crippen molar-refractivity contribution in [1.82, 2.24) is 26.2 Å². The molecule has 1 heterocycles. The van der Waals surface area contributed by atoms with Crippen molar-refractivity contribution in [2.24, 2.45) is 22.7 Å². The highest BCUT2D eigenvalue weighted by Crippen LogP contribution is 2.65. The van der Waals surface area contributed by atoms with Gasteiger partial charge in [-0.2, -0.15) is 0 Å². The third-order valence-electron chi connectivity index (χ3n) is 9.72. The van der Waals surface area contributed by atoms with Crippen LogP contribution in [0.5, 0.6) is 0 Å². The van der Waals surface area contributed by atoms with Crippen molar-refractivity contribution in [3.8, 4) is 0 Å². The van der Waals surface area contributed by atoms with E-state index in [0.717, 1.165) is 25.5 Å². The molecular formula is C32H53N5O7S. The lowest BCUT2D eigenvalue weighted by atomic mass is 9.83. The average molecular weight is 652 g/mol. The Bertz CT molecular complexity index is 1280. The van der Waals surface area contributed by atoms with E-state index >= 15 is 0 Å². The maximum Gasteiger partial charge on any atom is 0.315 e. The first-order valence-corrected chi connectivity index (χ1v) is 18.1. The number of ketones is 1. The Morgan fingerprint density at radius 1 is 1.04 bits per heavy atom. The molecule has 12 nitrogen and oxygen atoms in total. The third kappa shape index (κ3) is 8.65. The summed E-state index contributed by atoms with van der Waals surface area (Å²) < 4.78 is 24.5. The summed E-state index contributed by atoms with van der Waals surface area (Å²) >= 11 is 0. The number of carbonyl (C=O) groups is 5. The maximum absolute atomic E-state index is 14.3. The number of nitrogens with zero attached hydrogens (tertiary/aromatic N) is 1. The van der Waals surface area contributed by atoms with Crippen LogP contribution < -0.4 is 21.3 Å². The van der Waals surface area contributed by atoms with Crippen molar-refractivity contribution in [3.05, 3.63) is 12.7 Å². The van der Waals surface area contributed by atoms with Crippen LogP contribution in [0.4, 0.5) is 4.79 Å². The van der Waals surface area contributed by atoms with Gasteiger partial charge in [0.1, 0.15) is 21.9 Å². The van der Waals surface area contributed by atoms with Crippen LogP contribution in [0.2, 0.25) is 0 Å². The summed E-state index contributed by atoms with van der Waals surface area (Å²) in [7, 11) is -3.39. The summed E-state index contributed by atoms with van der Waals surface area (Å²) in [5, 5.41) is 11.0. The molecule has 2 saturated carbocycles. The normalized spacial score (nSPS) is 24.8. The van der Waals surface area contributed by atoms with Crippen molar-refractivity contribution < 1.29 is 32.4 Å². The van der Waals surface area contributed by atoms with Crippen LogP contribution in [-0.4, -0.2) is 91.6 Å². The molecule has 0 aromatic rings. The first-order chi connectivity index (χ1) is 20.8. The van der Waals surface area contributed by atoms with Crippen molar-refractivity contribution in [2.75, 3.05) is 25.1 Å². The Morgan fingerprint density at radius 2 is 1.67 bits per heavy atom. The first-order valence-electron chi connectivity index (χ1n) is 16.1. The van der Waals surface area contributed by atoms with Crippen molar-refractivity contribution in [2.45, 2.75) is 110 Å². The summed E-state index contributed by atoms with van der Waals surface area (Å²) in [6.45, 7) is 15.3. The van der Waals surface area contributed by atoms with E-state index in [1.54, 1.807) is 0 Å². The predicted octanol–water partition coefficient (Wildman–Crippen LogP) is 2.09. The zero-order chi connectivity index (χ0) is 34.0. The lowest BCUT2D eigenvalue weighted by Gasteiger charge is -2.40. The number of hydrogen-bond donors (Lipinski definition) is 4. The van der Waals surface area contributed by atoms with Gasteiger partial charge in [0.15, 0.2) is 0 Å². The number of fused-ring (bicyclic) bond motifs is 1. The summed E-state index contributed by atoms with van der Waals surface area (Å²) in [6, 6.07) is -3.58. The molecule has 0 aromatic heterocycles. The quantitative estimate of drug-likeness (QED) is 0.175. The molecule has 5 atom stereocenters. The molecule has 1 aliphatic heterocycles. The summed E-state index contributed by atoms with van der Waals surface area (Å²) in [5.41, 5.74) is -1.87. The average Bonchev–Trinajstić information content (AvgIpc) is 3.25. The highest BCUT2D eigenvalue weighted by molar-refractivity contribution is 7.90. The topological polar surface area (TPSA) is 171 Å². The van der Waals surface area contributed by atoms with Crippen LogP contribution in [0.1, 0.15) is 86.5 Å². The number of nitrogens with one attached hydrogen (secondary N) is 4. The largest absolute Gasteiger partial charge is 0.346 e. The molecule has 0 aromatic carbocycles. The SMILES string of the molecule is C=CCNC(=O)C(=O)C(CCC)NC(=O)[C@@H]1[C@@H]2C(CN1C(=O)[C@@H](NC(=O)NC1(CS(C)(=O)=O)CCCCC1)C(C)(C)C)C2(C)C. The molecule has 5 amide bonds. The molecule has 3 rings (SSSR count). The number of rotatable bonds is 13. The van der Waals surface area contributed by atoms with Gasteiger partial charge in [0, 0.05) is 19.3 Å². The van der Waals surface area contributed by atoms with Gasteiger partial charge >= 0.3 is 6.03 Å². The Morgan fingerprint density at radius 3 is 2.20 bits per heavy atom. The lowest BCUT2D eigenvalue weighted by molar-refractivity contribution is -0.145. The van der Waals surface area contributed by atoms with E-state index in [1.165, 1.54) is 11.0 Å². The van der Waals surface area contributed by atoms with Gasteiger partial charge in [-0.3, -0.25) is 19.2 Å². The van der Waals surface area contributed by atoms with Crippen LogP contribution in [0.25, 0.3) is 0 Å². The monoisotopic (exact) mass is 651 g/mol. The van der Waals surface area contributed by atoms with Gasteiger partial charge in [0.2, 0.25) is 17.6 Å². The van der Waals surface area contributed by atoms with Crippen LogP contribution in [0, 0.1) is 22.7 Å². The molecule has 2 unspecified atom stereocenters. The maximum atomic E-state index is 14.3.